The van der Waals surface area contributed by atoms with Gasteiger partial charge in [-0.2, -0.15) is 0 Å². The Bertz CT molecular complexity index is 309. The van der Waals surface area contributed by atoms with Crippen LogP contribution in [0.4, 0.5) is 0 Å². The molecule has 3 nitrogen and oxygen atoms in total. The van der Waals surface area contributed by atoms with Crippen LogP contribution in [0.25, 0.3) is 0 Å². The zero-order valence-electron chi connectivity index (χ0n) is 6.27. The third-order valence-corrected chi connectivity index (χ3v) is 2.02. The third-order valence-electron chi connectivity index (χ3n) is 1.46. The van der Waals surface area contributed by atoms with E-state index in [0.29, 0.717) is 17.4 Å². The molecular weight excluding hydrogens is 176 g/mol. The number of benzene rings is 1. The van der Waals surface area contributed by atoms with Crippen molar-refractivity contribution in [3.8, 4) is 0 Å². The Morgan fingerprint density at radius 2 is 2.08 bits per heavy atom. The number of hydrogen-bond donors (Lipinski definition) is 1. The predicted molar refractivity (Wildman–Crippen MR) is 46.3 cm³/mol. The highest BCUT2D eigenvalue weighted by atomic mass is 32.2. The van der Waals surface area contributed by atoms with Gasteiger partial charge in [0.15, 0.2) is 11.1 Å². The molecule has 0 saturated heterocycles. The summed E-state index contributed by atoms with van der Waals surface area (Å²) in [5.74, 6) is 0.00884. The molecule has 4 heteroatoms. The first-order valence-electron chi connectivity index (χ1n) is 3.34. The van der Waals surface area contributed by atoms with Crippen LogP contribution in [-0.2, 0) is 16.8 Å². The lowest BCUT2D eigenvalue weighted by molar-refractivity contribution is 0.112. The molecule has 0 fully saturated rings. The van der Waals surface area contributed by atoms with Crippen molar-refractivity contribution in [2.24, 2.45) is 0 Å². The molecule has 1 rings (SSSR count). The second-order valence-electron chi connectivity index (χ2n) is 2.28. The lowest BCUT2D eigenvalue weighted by Crippen LogP contribution is -1.97. The number of carbonyl (C=O) groups is 1. The quantitative estimate of drug-likeness (QED) is 0.567. The van der Waals surface area contributed by atoms with Crippen LogP contribution in [0.5, 0.6) is 0 Å². The van der Waals surface area contributed by atoms with E-state index in [-0.39, 0.29) is 5.75 Å². The first-order valence-corrected chi connectivity index (χ1v) is 4.62. The van der Waals surface area contributed by atoms with Crippen LogP contribution < -0.4 is 0 Å². The predicted octanol–water partition coefficient (Wildman–Crippen LogP) is 1.22. The zero-order valence-corrected chi connectivity index (χ0v) is 7.08. The van der Waals surface area contributed by atoms with Crippen LogP contribution in [0, 0.1) is 0 Å². The molecule has 0 radical (unpaired) electrons. The van der Waals surface area contributed by atoms with Crippen molar-refractivity contribution in [2.75, 3.05) is 0 Å². The number of hydrogen-bond acceptors (Lipinski definition) is 2. The van der Waals surface area contributed by atoms with Crippen molar-refractivity contribution < 1.29 is 13.6 Å². The fourth-order valence-electron chi connectivity index (χ4n) is 0.914. The van der Waals surface area contributed by atoms with Gasteiger partial charge in [-0.25, -0.2) is 4.21 Å². The van der Waals surface area contributed by atoms with Gasteiger partial charge < -0.3 is 4.55 Å². The molecule has 12 heavy (non-hydrogen) atoms. The molecule has 0 aromatic heterocycles. The highest BCUT2D eigenvalue weighted by molar-refractivity contribution is 7.78. The monoisotopic (exact) mass is 184 g/mol. The average molecular weight is 184 g/mol. The third kappa shape index (κ3) is 2.25. The van der Waals surface area contributed by atoms with Crippen molar-refractivity contribution in [2.45, 2.75) is 5.75 Å². The van der Waals surface area contributed by atoms with E-state index < -0.39 is 11.1 Å². The summed E-state index contributed by atoms with van der Waals surface area (Å²) in [6.45, 7) is 0. The Labute approximate surface area is 72.7 Å². The summed E-state index contributed by atoms with van der Waals surface area (Å²) in [7, 11) is 0. The summed E-state index contributed by atoms with van der Waals surface area (Å²) in [5.41, 5.74) is 1.08. The minimum absolute atomic E-state index is 0.00884. The fraction of sp³-hybridized carbons (Fsp3) is 0.125. The first-order chi connectivity index (χ1) is 5.74. The molecule has 1 atom stereocenters. The van der Waals surface area contributed by atoms with Gasteiger partial charge in [-0.15, -0.1) is 0 Å². The van der Waals surface area contributed by atoms with E-state index in [4.69, 9.17) is 4.55 Å². The van der Waals surface area contributed by atoms with E-state index in [0.717, 1.165) is 0 Å². The normalized spacial score (nSPS) is 12.4. The molecule has 1 N–H and O–H groups in total. The number of carbonyl (C=O) groups excluding carboxylic acids is 1. The molecule has 1 aromatic carbocycles. The minimum atomic E-state index is -1.89. The molecule has 0 spiro atoms. The Morgan fingerprint density at radius 1 is 1.42 bits per heavy atom. The minimum Gasteiger partial charge on any atom is -0.306 e. The van der Waals surface area contributed by atoms with E-state index >= 15 is 0 Å². The maximum absolute atomic E-state index is 10.4. The SMILES string of the molecule is O=Cc1ccccc1CS(=O)O. The number of rotatable bonds is 3. The largest absolute Gasteiger partial charge is 0.306 e. The van der Waals surface area contributed by atoms with E-state index in [2.05, 4.69) is 0 Å². The van der Waals surface area contributed by atoms with Gasteiger partial charge in [-0.3, -0.25) is 4.79 Å². The van der Waals surface area contributed by atoms with Gasteiger partial charge in [0, 0.05) is 5.56 Å². The molecule has 0 saturated carbocycles. The molecular formula is C8H8O3S. The summed E-state index contributed by atoms with van der Waals surface area (Å²) in [4.78, 5) is 10.4. The second kappa shape index (κ2) is 4.13. The molecule has 0 aliphatic heterocycles. The highest BCUT2D eigenvalue weighted by Gasteiger charge is 2.02. The van der Waals surface area contributed by atoms with E-state index in [1.807, 2.05) is 0 Å². The molecule has 0 bridgehead atoms. The van der Waals surface area contributed by atoms with Crippen molar-refractivity contribution >= 4 is 17.4 Å². The van der Waals surface area contributed by atoms with Gasteiger partial charge in [0.25, 0.3) is 0 Å². The summed E-state index contributed by atoms with van der Waals surface area (Å²) < 4.78 is 19.0. The topological polar surface area (TPSA) is 54.4 Å². The van der Waals surface area contributed by atoms with Gasteiger partial charge in [0.05, 0.1) is 5.75 Å². The lowest BCUT2D eigenvalue weighted by Gasteiger charge is -1.99. The van der Waals surface area contributed by atoms with Crippen LogP contribution in [0.2, 0.25) is 0 Å². The smallest absolute Gasteiger partial charge is 0.157 e. The Balaban J connectivity index is 2.96. The zero-order chi connectivity index (χ0) is 8.97. The van der Waals surface area contributed by atoms with Crippen LogP contribution in [-0.4, -0.2) is 15.0 Å². The van der Waals surface area contributed by atoms with Crippen LogP contribution in [0.1, 0.15) is 15.9 Å². The summed E-state index contributed by atoms with van der Waals surface area (Å²) >= 11 is -1.89. The lowest BCUT2D eigenvalue weighted by atomic mass is 10.1. The molecule has 0 aliphatic rings. The molecule has 0 amide bonds. The van der Waals surface area contributed by atoms with Gasteiger partial charge >= 0.3 is 0 Å². The molecule has 1 unspecified atom stereocenters. The van der Waals surface area contributed by atoms with E-state index in [1.165, 1.54) is 0 Å². The van der Waals surface area contributed by atoms with Gasteiger partial charge in [0.1, 0.15) is 6.29 Å². The van der Waals surface area contributed by atoms with Crippen molar-refractivity contribution in [1.29, 1.82) is 0 Å². The van der Waals surface area contributed by atoms with E-state index in [1.54, 1.807) is 24.3 Å². The fourth-order valence-corrected chi connectivity index (χ4v) is 1.44. The Hall–Kier alpha value is -1.00. The van der Waals surface area contributed by atoms with Gasteiger partial charge in [0.2, 0.25) is 0 Å². The van der Waals surface area contributed by atoms with Gasteiger partial charge in [-0.1, -0.05) is 24.3 Å². The standard InChI is InChI=1S/C8H8O3S/c9-5-7-3-1-2-4-8(7)6-12(10)11/h1-5H,6H2,(H,10,11). The molecule has 0 aliphatic carbocycles. The van der Waals surface area contributed by atoms with Crippen LogP contribution >= 0.6 is 0 Å². The maximum Gasteiger partial charge on any atom is 0.157 e. The average Bonchev–Trinajstić information content (AvgIpc) is 2.04. The van der Waals surface area contributed by atoms with Crippen LogP contribution in [0.3, 0.4) is 0 Å². The van der Waals surface area contributed by atoms with Crippen LogP contribution in [0.15, 0.2) is 24.3 Å². The molecule has 0 heterocycles. The first kappa shape index (κ1) is 9.09. The maximum atomic E-state index is 10.4. The van der Waals surface area contributed by atoms with Gasteiger partial charge in [-0.05, 0) is 5.56 Å². The van der Waals surface area contributed by atoms with E-state index in [9.17, 15) is 9.00 Å². The van der Waals surface area contributed by atoms with Crippen molar-refractivity contribution in [1.82, 2.24) is 0 Å². The second-order valence-corrected chi connectivity index (χ2v) is 3.21. The molecule has 1 aromatic rings. The summed E-state index contributed by atoms with van der Waals surface area (Å²) in [6, 6.07) is 6.73. The highest BCUT2D eigenvalue weighted by Crippen LogP contribution is 2.07. The summed E-state index contributed by atoms with van der Waals surface area (Å²) in [5, 5.41) is 0. The Morgan fingerprint density at radius 3 is 2.67 bits per heavy atom. The van der Waals surface area contributed by atoms with Crippen molar-refractivity contribution in [3.63, 3.8) is 0 Å². The Kier molecular flexibility index (Phi) is 3.13. The molecule has 64 valence electrons. The summed E-state index contributed by atoms with van der Waals surface area (Å²) in [6.07, 6.45) is 0.683. The number of aldehydes is 1. The van der Waals surface area contributed by atoms with Crippen molar-refractivity contribution in [3.05, 3.63) is 35.4 Å².